The van der Waals surface area contributed by atoms with E-state index in [0.29, 0.717) is 22.0 Å². The molecule has 0 bridgehead atoms. The van der Waals surface area contributed by atoms with E-state index in [0.717, 1.165) is 0 Å². The maximum absolute atomic E-state index is 13.9. The molecule has 1 aromatic heterocycles. The molecule has 3 rings (SSSR count). The highest BCUT2D eigenvalue weighted by atomic mass is 19.1. The monoisotopic (exact) mass is 340 g/mol. The minimum atomic E-state index is -0.373. The van der Waals surface area contributed by atoms with E-state index in [1.54, 1.807) is 44.6 Å². The average Bonchev–Trinajstić information content (AvgIpc) is 3.02. The first-order valence-corrected chi connectivity index (χ1v) is 7.67. The first-order chi connectivity index (χ1) is 12.0. The second kappa shape index (κ2) is 6.72. The van der Waals surface area contributed by atoms with Gasteiger partial charge < -0.3 is 10.2 Å². The van der Waals surface area contributed by atoms with Crippen LogP contribution in [0.2, 0.25) is 0 Å². The Kier molecular flexibility index (Phi) is 4.47. The molecular formula is C18H17FN4O2. The Morgan fingerprint density at radius 2 is 1.88 bits per heavy atom. The second-order valence-electron chi connectivity index (χ2n) is 5.81. The lowest BCUT2D eigenvalue weighted by Gasteiger charge is -2.09. The van der Waals surface area contributed by atoms with E-state index in [2.05, 4.69) is 10.4 Å². The number of nitrogens with zero attached hydrogens (tertiary/aromatic N) is 3. The normalized spacial score (nSPS) is 10.7. The molecule has 0 fully saturated rings. The third kappa shape index (κ3) is 3.50. The number of carbonyl (C=O) groups is 2. The van der Waals surface area contributed by atoms with Crippen LogP contribution in [-0.4, -0.2) is 40.6 Å². The molecule has 2 aromatic carbocycles. The molecule has 2 amide bonds. The molecule has 0 aliphatic heterocycles. The summed E-state index contributed by atoms with van der Waals surface area (Å²) >= 11 is 0. The molecule has 128 valence electrons. The summed E-state index contributed by atoms with van der Waals surface area (Å²) in [7, 11) is 3.32. The lowest BCUT2D eigenvalue weighted by Crippen LogP contribution is -2.26. The number of benzene rings is 2. The molecule has 0 atom stereocenters. The van der Waals surface area contributed by atoms with Gasteiger partial charge in [-0.05, 0) is 17.5 Å². The number of fused-ring (bicyclic) bond motifs is 1. The number of amides is 2. The zero-order valence-electron chi connectivity index (χ0n) is 13.9. The first kappa shape index (κ1) is 16.6. The van der Waals surface area contributed by atoms with Crippen LogP contribution in [0.5, 0.6) is 0 Å². The van der Waals surface area contributed by atoms with E-state index in [-0.39, 0.29) is 24.2 Å². The molecule has 0 spiro atoms. The van der Waals surface area contributed by atoms with E-state index < -0.39 is 0 Å². The van der Waals surface area contributed by atoms with Crippen molar-refractivity contribution < 1.29 is 14.0 Å². The summed E-state index contributed by atoms with van der Waals surface area (Å²) in [6.07, 6.45) is 3.04. The van der Waals surface area contributed by atoms with Crippen LogP contribution in [0.1, 0.15) is 10.4 Å². The van der Waals surface area contributed by atoms with Gasteiger partial charge in [0, 0.05) is 31.2 Å². The summed E-state index contributed by atoms with van der Waals surface area (Å²) in [6.45, 7) is 0.0857. The Balaban J connectivity index is 1.81. The Labute approximate surface area is 143 Å². The smallest absolute Gasteiger partial charge is 0.256 e. The van der Waals surface area contributed by atoms with E-state index in [9.17, 15) is 14.0 Å². The van der Waals surface area contributed by atoms with Crippen molar-refractivity contribution in [3.05, 3.63) is 60.2 Å². The van der Waals surface area contributed by atoms with Gasteiger partial charge in [0.1, 0.15) is 12.4 Å². The molecular weight excluding hydrogens is 323 g/mol. The number of rotatable bonds is 4. The van der Waals surface area contributed by atoms with E-state index >= 15 is 0 Å². The van der Waals surface area contributed by atoms with Crippen molar-refractivity contribution in [2.45, 2.75) is 6.54 Å². The van der Waals surface area contributed by atoms with E-state index in [1.807, 2.05) is 0 Å². The highest BCUT2D eigenvalue weighted by Gasteiger charge is 2.14. The van der Waals surface area contributed by atoms with Crippen LogP contribution in [0.4, 0.5) is 10.1 Å². The van der Waals surface area contributed by atoms with Gasteiger partial charge in [-0.25, -0.2) is 4.39 Å². The maximum atomic E-state index is 13.9. The molecule has 1 heterocycles. The number of hydrogen-bond donors (Lipinski definition) is 1. The summed E-state index contributed by atoms with van der Waals surface area (Å²) in [5.74, 6) is -0.845. The Bertz CT molecular complexity index is 949. The van der Waals surface area contributed by atoms with Crippen LogP contribution in [0.3, 0.4) is 0 Å². The Morgan fingerprint density at radius 3 is 2.60 bits per heavy atom. The van der Waals surface area contributed by atoms with Crippen molar-refractivity contribution in [1.82, 2.24) is 14.7 Å². The van der Waals surface area contributed by atoms with E-state index in [4.69, 9.17) is 0 Å². The van der Waals surface area contributed by atoms with Crippen molar-refractivity contribution in [2.24, 2.45) is 0 Å². The van der Waals surface area contributed by atoms with Crippen molar-refractivity contribution in [3.63, 3.8) is 0 Å². The number of aromatic nitrogens is 2. The third-order valence-electron chi connectivity index (χ3n) is 3.80. The first-order valence-electron chi connectivity index (χ1n) is 7.67. The maximum Gasteiger partial charge on any atom is 0.256 e. The average molecular weight is 340 g/mol. The number of nitrogens with one attached hydrogen (secondary N) is 1. The molecule has 0 aliphatic rings. The van der Waals surface area contributed by atoms with Crippen molar-refractivity contribution in [1.29, 1.82) is 0 Å². The van der Waals surface area contributed by atoms with Gasteiger partial charge in [-0.2, -0.15) is 5.10 Å². The lowest BCUT2D eigenvalue weighted by atomic mass is 10.0. The molecule has 0 saturated carbocycles. The minimum Gasteiger partial charge on any atom is -0.347 e. The zero-order chi connectivity index (χ0) is 18.0. The molecule has 0 unspecified atom stereocenters. The molecule has 7 heteroatoms. The Hall–Kier alpha value is -3.22. The predicted molar refractivity (Wildman–Crippen MR) is 92.8 cm³/mol. The number of carbonyl (C=O) groups excluding carboxylic acids is 2. The van der Waals surface area contributed by atoms with Gasteiger partial charge in [0.05, 0.1) is 11.9 Å². The summed E-state index contributed by atoms with van der Waals surface area (Å²) in [5, 5.41) is 7.71. The number of likely N-dealkylation sites (N-methyl/N-ethyl adjacent to an activating group) is 1. The van der Waals surface area contributed by atoms with Gasteiger partial charge in [-0.15, -0.1) is 0 Å². The molecule has 1 N–H and O–H groups in total. The fraction of sp³-hybridized carbons (Fsp3) is 0.167. The second-order valence-corrected chi connectivity index (χ2v) is 5.81. The standard InChI is InChI=1S/C18H17FN4O2/c1-22(2)17(24)11-23-10-12(9-20-23)21-18(25)15-7-8-16(19)14-6-4-3-5-13(14)15/h3-10H,11H2,1-2H3,(H,21,25). The van der Waals surface area contributed by atoms with Gasteiger partial charge in [0.2, 0.25) is 5.91 Å². The Morgan fingerprint density at radius 1 is 1.16 bits per heavy atom. The van der Waals surface area contributed by atoms with Gasteiger partial charge in [-0.3, -0.25) is 14.3 Å². The molecule has 0 saturated heterocycles. The quantitative estimate of drug-likeness (QED) is 0.793. The van der Waals surface area contributed by atoms with Crippen LogP contribution < -0.4 is 5.32 Å². The zero-order valence-corrected chi connectivity index (χ0v) is 13.9. The van der Waals surface area contributed by atoms with Crippen LogP contribution in [0.15, 0.2) is 48.8 Å². The van der Waals surface area contributed by atoms with Gasteiger partial charge in [0.25, 0.3) is 5.91 Å². The molecule has 3 aromatic rings. The van der Waals surface area contributed by atoms with Crippen LogP contribution >= 0.6 is 0 Å². The SMILES string of the molecule is CN(C)C(=O)Cn1cc(NC(=O)c2ccc(F)c3ccccc23)cn1. The topological polar surface area (TPSA) is 67.2 Å². The number of hydrogen-bond acceptors (Lipinski definition) is 3. The fourth-order valence-corrected chi connectivity index (χ4v) is 2.45. The fourth-order valence-electron chi connectivity index (χ4n) is 2.45. The van der Waals surface area contributed by atoms with Crippen LogP contribution in [0, 0.1) is 5.82 Å². The third-order valence-corrected chi connectivity index (χ3v) is 3.80. The summed E-state index contributed by atoms with van der Waals surface area (Å²) in [4.78, 5) is 25.7. The predicted octanol–water partition coefficient (Wildman–Crippen LogP) is 2.52. The van der Waals surface area contributed by atoms with Crippen LogP contribution in [-0.2, 0) is 11.3 Å². The van der Waals surface area contributed by atoms with Gasteiger partial charge in [-0.1, -0.05) is 24.3 Å². The number of anilines is 1. The molecule has 0 aliphatic carbocycles. The van der Waals surface area contributed by atoms with Crippen molar-refractivity contribution >= 4 is 28.3 Å². The van der Waals surface area contributed by atoms with Gasteiger partial charge >= 0.3 is 0 Å². The lowest BCUT2D eigenvalue weighted by molar-refractivity contribution is -0.129. The van der Waals surface area contributed by atoms with E-state index in [1.165, 1.54) is 27.9 Å². The highest BCUT2D eigenvalue weighted by Crippen LogP contribution is 2.22. The largest absolute Gasteiger partial charge is 0.347 e. The van der Waals surface area contributed by atoms with Crippen LogP contribution in [0.25, 0.3) is 10.8 Å². The number of halogens is 1. The molecule has 0 radical (unpaired) electrons. The van der Waals surface area contributed by atoms with Crippen molar-refractivity contribution in [3.8, 4) is 0 Å². The van der Waals surface area contributed by atoms with Gasteiger partial charge in [0.15, 0.2) is 0 Å². The summed E-state index contributed by atoms with van der Waals surface area (Å²) in [5.41, 5.74) is 0.832. The summed E-state index contributed by atoms with van der Waals surface area (Å²) in [6, 6.07) is 9.53. The molecule has 6 nitrogen and oxygen atoms in total. The highest BCUT2D eigenvalue weighted by molar-refractivity contribution is 6.12. The molecule has 25 heavy (non-hydrogen) atoms. The summed E-state index contributed by atoms with van der Waals surface area (Å²) < 4.78 is 15.3. The minimum absolute atomic E-state index is 0.0857. The van der Waals surface area contributed by atoms with Crippen molar-refractivity contribution in [2.75, 3.05) is 19.4 Å².